The highest BCUT2D eigenvalue weighted by Crippen LogP contribution is 2.16. The van der Waals surface area contributed by atoms with Crippen LogP contribution in [0.2, 0.25) is 0 Å². The van der Waals surface area contributed by atoms with Crippen LogP contribution in [0.4, 0.5) is 11.5 Å². The van der Waals surface area contributed by atoms with Crippen LogP contribution in [-0.2, 0) is 20.0 Å². The molecule has 2 aromatic heterocycles. The van der Waals surface area contributed by atoms with E-state index in [9.17, 15) is 0 Å². The Hall–Kier alpha value is -2.04. The maximum absolute atomic E-state index is 5.81. The minimum Gasteiger partial charge on any atom is -0.394 e. The van der Waals surface area contributed by atoms with Crippen molar-refractivity contribution < 1.29 is 0 Å². The van der Waals surface area contributed by atoms with Crippen molar-refractivity contribution in [3.8, 4) is 0 Å². The normalized spacial score (nSPS) is 10.5. The van der Waals surface area contributed by atoms with Crippen LogP contribution in [0.15, 0.2) is 24.5 Å². The van der Waals surface area contributed by atoms with Crippen molar-refractivity contribution in [3.05, 3.63) is 35.8 Å². The average Bonchev–Trinajstić information content (AvgIpc) is 2.65. The van der Waals surface area contributed by atoms with Crippen LogP contribution in [0.25, 0.3) is 0 Å². The summed E-state index contributed by atoms with van der Waals surface area (Å²) in [6, 6.07) is 4.04. The summed E-state index contributed by atoms with van der Waals surface area (Å²) >= 11 is 0. The first kappa shape index (κ1) is 11.4. The molecule has 0 saturated heterocycles. The Kier molecular flexibility index (Phi) is 3.27. The van der Waals surface area contributed by atoms with Gasteiger partial charge in [0.1, 0.15) is 0 Å². The Labute approximate surface area is 101 Å². The Morgan fingerprint density at radius 3 is 2.94 bits per heavy atom. The number of pyridine rings is 1. The molecule has 5 nitrogen and oxygen atoms in total. The molecule has 0 bridgehead atoms. The third-order valence-electron chi connectivity index (χ3n) is 2.65. The van der Waals surface area contributed by atoms with E-state index >= 15 is 0 Å². The Morgan fingerprint density at radius 1 is 1.47 bits per heavy atom. The van der Waals surface area contributed by atoms with E-state index in [0.717, 1.165) is 12.1 Å². The van der Waals surface area contributed by atoms with Crippen LogP contribution in [0, 0.1) is 0 Å². The Bertz CT molecular complexity index is 503. The number of hydrogen-bond donors (Lipinski definition) is 2. The van der Waals surface area contributed by atoms with E-state index in [1.54, 1.807) is 17.1 Å². The molecule has 90 valence electrons. The standard InChI is InChI=1S/C12H17N5/c1-3-9-5-4-6-14-11(9)7-15-12-10(13)8-17(2)16-12/h4-6,8H,3,7,13H2,1-2H3,(H,15,16). The summed E-state index contributed by atoms with van der Waals surface area (Å²) in [4.78, 5) is 4.36. The molecule has 2 heterocycles. The van der Waals surface area contributed by atoms with E-state index in [0.29, 0.717) is 18.1 Å². The van der Waals surface area contributed by atoms with Gasteiger partial charge >= 0.3 is 0 Å². The summed E-state index contributed by atoms with van der Waals surface area (Å²) in [5.74, 6) is 0.709. The number of rotatable bonds is 4. The summed E-state index contributed by atoms with van der Waals surface area (Å²) in [6.45, 7) is 2.76. The summed E-state index contributed by atoms with van der Waals surface area (Å²) in [5.41, 5.74) is 8.75. The van der Waals surface area contributed by atoms with E-state index in [4.69, 9.17) is 5.73 Å². The molecule has 17 heavy (non-hydrogen) atoms. The molecule has 0 spiro atoms. The Balaban J connectivity index is 2.09. The van der Waals surface area contributed by atoms with Crippen LogP contribution in [-0.4, -0.2) is 14.8 Å². The highest BCUT2D eigenvalue weighted by atomic mass is 15.3. The first-order chi connectivity index (χ1) is 8.20. The molecule has 0 unspecified atom stereocenters. The van der Waals surface area contributed by atoms with E-state index in [2.05, 4.69) is 28.4 Å². The van der Waals surface area contributed by atoms with Crippen molar-refractivity contribution in [3.63, 3.8) is 0 Å². The van der Waals surface area contributed by atoms with Gasteiger partial charge in [-0.1, -0.05) is 13.0 Å². The minimum absolute atomic E-state index is 0.644. The van der Waals surface area contributed by atoms with Gasteiger partial charge in [0, 0.05) is 19.4 Å². The fourth-order valence-corrected chi connectivity index (χ4v) is 1.76. The third kappa shape index (κ3) is 2.55. The average molecular weight is 231 g/mol. The lowest BCUT2D eigenvalue weighted by molar-refractivity contribution is 0.767. The van der Waals surface area contributed by atoms with Gasteiger partial charge in [-0.25, -0.2) is 0 Å². The zero-order valence-electron chi connectivity index (χ0n) is 10.1. The molecule has 0 aliphatic rings. The molecular weight excluding hydrogens is 214 g/mol. The number of anilines is 2. The summed E-state index contributed by atoms with van der Waals surface area (Å²) in [5, 5.41) is 7.44. The number of aryl methyl sites for hydroxylation is 2. The first-order valence-electron chi connectivity index (χ1n) is 5.66. The van der Waals surface area contributed by atoms with E-state index in [-0.39, 0.29) is 0 Å². The topological polar surface area (TPSA) is 68.8 Å². The number of nitrogens with two attached hydrogens (primary N) is 1. The Morgan fingerprint density at radius 2 is 2.29 bits per heavy atom. The van der Waals surface area contributed by atoms with E-state index < -0.39 is 0 Å². The fraction of sp³-hybridized carbons (Fsp3) is 0.333. The van der Waals surface area contributed by atoms with Crippen molar-refractivity contribution in [1.29, 1.82) is 0 Å². The van der Waals surface area contributed by atoms with Gasteiger partial charge in [-0.15, -0.1) is 0 Å². The highest BCUT2D eigenvalue weighted by molar-refractivity contribution is 5.59. The van der Waals surface area contributed by atoms with Crippen molar-refractivity contribution in [2.24, 2.45) is 7.05 Å². The van der Waals surface area contributed by atoms with Crippen LogP contribution in [0.3, 0.4) is 0 Å². The van der Waals surface area contributed by atoms with Crippen LogP contribution in [0.1, 0.15) is 18.2 Å². The second-order valence-corrected chi connectivity index (χ2v) is 3.92. The molecule has 0 aliphatic carbocycles. The fourth-order valence-electron chi connectivity index (χ4n) is 1.76. The van der Waals surface area contributed by atoms with Gasteiger partial charge < -0.3 is 11.1 Å². The van der Waals surface area contributed by atoms with Crippen LogP contribution >= 0.6 is 0 Å². The number of aromatic nitrogens is 3. The molecular formula is C12H17N5. The molecule has 0 saturated carbocycles. The van der Waals surface area contributed by atoms with E-state index in [1.165, 1.54) is 5.56 Å². The van der Waals surface area contributed by atoms with Gasteiger partial charge in [0.15, 0.2) is 5.82 Å². The molecule has 0 atom stereocenters. The number of nitrogens with zero attached hydrogens (tertiary/aromatic N) is 3. The lowest BCUT2D eigenvalue weighted by Gasteiger charge is -2.07. The second-order valence-electron chi connectivity index (χ2n) is 3.92. The monoisotopic (exact) mass is 231 g/mol. The first-order valence-corrected chi connectivity index (χ1v) is 5.66. The van der Waals surface area contributed by atoms with Crippen LogP contribution < -0.4 is 11.1 Å². The molecule has 0 aliphatic heterocycles. The highest BCUT2D eigenvalue weighted by Gasteiger charge is 2.05. The number of nitrogen functional groups attached to an aromatic ring is 1. The molecule has 0 amide bonds. The van der Waals surface area contributed by atoms with Crippen molar-refractivity contribution in [1.82, 2.24) is 14.8 Å². The van der Waals surface area contributed by atoms with E-state index in [1.807, 2.05) is 13.1 Å². The quantitative estimate of drug-likeness (QED) is 0.838. The number of hydrogen-bond acceptors (Lipinski definition) is 4. The predicted octanol–water partition coefficient (Wildman–Crippen LogP) is 1.57. The van der Waals surface area contributed by atoms with Gasteiger partial charge in [0.25, 0.3) is 0 Å². The van der Waals surface area contributed by atoms with Crippen molar-refractivity contribution in [2.45, 2.75) is 19.9 Å². The maximum atomic E-state index is 5.81. The largest absolute Gasteiger partial charge is 0.394 e. The molecule has 0 aromatic carbocycles. The smallest absolute Gasteiger partial charge is 0.171 e. The second kappa shape index (κ2) is 4.86. The molecule has 3 N–H and O–H groups in total. The SMILES string of the molecule is CCc1cccnc1CNc1nn(C)cc1N. The lowest BCUT2D eigenvalue weighted by atomic mass is 10.1. The minimum atomic E-state index is 0.644. The van der Waals surface area contributed by atoms with Gasteiger partial charge in [0.2, 0.25) is 0 Å². The summed E-state index contributed by atoms with van der Waals surface area (Å²) in [7, 11) is 1.85. The molecule has 5 heteroatoms. The number of nitrogens with one attached hydrogen (secondary N) is 1. The zero-order chi connectivity index (χ0) is 12.3. The zero-order valence-corrected chi connectivity index (χ0v) is 10.1. The van der Waals surface area contributed by atoms with Crippen LogP contribution in [0.5, 0.6) is 0 Å². The van der Waals surface area contributed by atoms with Gasteiger partial charge in [-0.2, -0.15) is 5.10 Å². The molecule has 0 radical (unpaired) electrons. The van der Waals surface area contributed by atoms with Crippen molar-refractivity contribution in [2.75, 3.05) is 11.1 Å². The van der Waals surface area contributed by atoms with Gasteiger partial charge in [0.05, 0.1) is 17.9 Å². The summed E-state index contributed by atoms with van der Waals surface area (Å²) in [6.07, 6.45) is 4.56. The van der Waals surface area contributed by atoms with Gasteiger partial charge in [-0.05, 0) is 18.1 Å². The molecule has 2 rings (SSSR count). The van der Waals surface area contributed by atoms with Gasteiger partial charge in [-0.3, -0.25) is 9.67 Å². The predicted molar refractivity (Wildman–Crippen MR) is 68.6 cm³/mol. The van der Waals surface area contributed by atoms with Crippen molar-refractivity contribution >= 4 is 11.5 Å². The maximum Gasteiger partial charge on any atom is 0.171 e. The third-order valence-corrected chi connectivity index (χ3v) is 2.65. The molecule has 0 fully saturated rings. The summed E-state index contributed by atoms with van der Waals surface area (Å²) < 4.78 is 1.69. The lowest BCUT2D eigenvalue weighted by Crippen LogP contribution is -2.06. The molecule has 2 aromatic rings.